The number of hydrogen-bond donors (Lipinski definition) is 0. The lowest BCUT2D eigenvalue weighted by Gasteiger charge is -2.44. The number of rotatable bonds is 5. The van der Waals surface area contributed by atoms with E-state index in [0.29, 0.717) is 18.7 Å². The first-order chi connectivity index (χ1) is 13.5. The monoisotopic (exact) mass is 402 g/mol. The molecule has 2 saturated heterocycles. The molecule has 1 aromatic rings. The molecular formula is C22H35BN2O4. The Hall–Kier alpha value is -1.57. The number of carbonyl (C=O) groups excluding carboxylic acids is 1. The third kappa shape index (κ3) is 4.78. The van der Waals surface area contributed by atoms with Crippen LogP contribution in [0.2, 0.25) is 0 Å². The summed E-state index contributed by atoms with van der Waals surface area (Å²) in [5.41, 5.74) is 0.317. The summed E-state index contributed by atoms with van der Waals surface area (Å²) < 4.78 is 18.2. The summed E-state index contributed by atoms with van der Waals surface area (Å²) in [6.45, 7) is 17.2. The van der Waals surface area contributed by atoms with Crippen LogP contribution in [0.25, 0.3) is 0 Å². The lowest BCUT2D eigenvalue weighted by atomic mass is 9.79. The van der Waals surface area contributed by atoms with Gasteiger partial charge in [-0.2, -0.15) is 0 Å². The molecule has 2 aliphatic heterocycles. The fourth-order valence-corrected chi connectivity index (χ4v) is 4.02. The van der Waals surface area contributed by atoms with Gasteiger partial charge in [-0.25, -0.2) is 0 Å². The van der Waals surface area contributed by atoms with Gasteiger partial charge in [0.15, 0.2) is 0 Å². The molecule has 0 N–H and O–H groups in total. The predicted octanol–water partition coefficient (Wildman–Crippen LogP) is 2.31. The summed E-state index contributed by atoms with van der Waals surface area (Å²) in [5, 5.41) is 0. The summed E-state index contributed by atoms with van der Waals surface area (Å²) in [4.78, 5) is 16.0. The van der Waals surface area contributed by atoms with E-state index in [1.807, 2.05) is 29.2 Å². The molecule has 0 saturated carbocycles. The molecule has 29 heavy (non-hydrogen) atoms. The zero-order valence-corrected chi connectivity index (χ0v) is 18.9. The number of ether oxygens (including phenoxy) is 1. The molecule has 2 atom stereocenters. The smallest absolute Gasteiger partial charge is 0.492 e. The second kappa shape index (κ2) is 8.28. The first-order valence-electron chi connectivity index (χ1n) is 10.6. The van der Waals surface area contributed by atoms with Gasteiger partial charge in [0.05, 0.1) is 11.2 Å². The minimum Gasteiger partial charge on any atom is -0.492 e. The van der Waals surface area contributed by atoms with Gasteiger partial charge in [0.2, 0.25) is 5.91 Å². The van der Waals surface area contributed by atoms with E-state index in [1.54, 1.807) is 6.92 Å². The van der Waals surface area contributed by atoms with E-state index in [2.05, 4.69) is 46.4 Å². The number of nitrogens with zero attached hydrogens (tertiary/aromatic N) is 2. The minimum atomic E-state index is -0.353. The van der Waals surface area contributed by atoms with Gasteiger partial charge in [-0.05, 0) is 59.1 Å². The van der Waals surface area contributed by atoms with Crippen molar-refractivity contribution in [3.63, 3.8) is 0 Å². The molecule has 2 fully saturated rings. The summed E-state index contributed by atoms with van der Waals surface area (Å²) >= 11 is 0. The van der Waals surface area contributed by atoms with Crippen molar-refractivity contribution >= 4 is 18.5 Å². The van der Waals surface area contributed by atoms with Crippen molar-refractivity contribution in [1.82, 2.24) is 9.80 Å². The Morgan fingerprint density at radius 1 is 1.07 bits per heavy atom. The third-order valence-electron chi connectivity index (χ3n) is 6.57. The minimum absolute atomic E-state index is 0.154. The Kier molecular flexibility index (Phi) is 6.32. The van der Waals surface area contributed by atoms with Crippen molar-refractivity contribution in [2.75, 3.05) is 26.2 Å². The molecule has 2 aliphatic rings. The maximum atomic E-state index is 11.7. The molecule has 160 valence electrons. The highest BCUT2D eigenvalue weighted by Crippen LogP contribution is 2.36. The van der Waals surface area contributed by atoms with E-state index < -0.39 is 0 Å². The van der Waals surface area contributed by atoms with Crippen LogP contribution in [0.15, 0.2) is 24.3 Å². The second-order valence-corrected chi connectivity index (χ2v) is 9.37. The third-order valence-corrected chi connectivity index (χ3v) is 6.57. The van der Waals surface area contributed by atoms with Crippen LogP contribution in [0.1, 0.15) is 48.5 Å². The molecule has 1 aromatic carbocycles. The molecule has 6 nitrogen and oxygen atoms in total. The molecule has 0 bridgehead atoms. The van der Waals surface area contributed by atoms with Gasteiger partial charge in [-0.3, -0.25) is 9.69 Å². The van der Waals surface area contributed by atoms with Crippen molar-refractivity contribution in [1.29, 1.82) is 0 Å². The van der Waals surface area contributed by atoms with E-state index in [9.17, 15) is 4.79 Å². The predicted molar refractivity (Wildman–Crippen MR) is 116 cm³/mol. The van der Waals surface area contributed by atoms with Crippen LogP contribution in [0.5, 0.6) is 5.75 Å². The lowest BCUT2D eigenvalue weighted by molar-refractivity contribution is -0.133. The zero-order chi connectivity index (χ0) is 21.4. The fraction of sp³-hybridized carbons (Fsp3) is 0.682. The van der Waals surface area contributed by atoms with Crippen molar-refractivity contribution in [3.8, 4) is 5.75 Å². The van der Waals surface area contributed by atoms with E-state index in [1.165, 1.54) is 0 Å². The SMILES string of the molecule is CC(=O)N1C[C@@H](C)N(CCOc2ccc(B3OC(C)(C)C(C)(C)O3)cc2)[C@@H](C)C1. The molecule has 3 rings (SSSR count). The van der Waals surface area contributed by atoms with Crippen LogP contribution >= 0.6 is 0 Å². The maximum absolute atomic E-state index is 11.7. The van der Waals surface area contributed by atoms with Gasteiger partial charge < -0.3 is 18.9 Å². The summed E-state index contributed by atoms with van der Waals surface area (Å²) in [5.74, 6) is 0.995. The molecule has 0 aliphatic carbocycles. The number of benzene rings is 1. The first-order valence-corrected chi connectivity index (χ1v) is 10.6. The van der Waals surface area contributed by atoms with E-state index in [-0.39, 0.29) is 24.2 Å². The number of piperazine rings is 1. The zero-order valence-electron chi connectivity index (χ0n) is 18.9. The highest BCUT2D eigenvalue weighted by atomic mass is 16.7. The largest absolute Gasteiger partial charge is 0.494 e. The summed E-state index contributed by atoms with van der Waals surface area (Å²) in [6.07, 6.45) is 0. The molecule has 7 heteroatoms. The van der Waals surface area contributed by atoms with Crippen molar-refractivity contribution < 1.29 is 18.8 Å². The Balaban J connectivity index is 1.51. The normalized spacial score (nSPS) is 26.6. The summed E-state index contributed by atoms with van der Waals surface area (Å²) in [7, 11) is -0.353. The average Bonchev–Trinajstić information content (AvgIpc) is 2.85. The van der Waals surface area contributed by atoms with Gasteiger partial charge >= 0.3 is 7.12 Å². The summed E-state index contributed by atoms with van der Waals surface area (Å²) in [6, 6.07) is 8.62. The molecule has 2 heterocycles. The number of carbonyl (C=O) groups is 1. The molecule has 0 radical (unpaired) electrons. The Morgan fingerprint density at radius 2 is 1.59 bits per heavy atom. The highest BCUT2D eigenvalue weighted by Gasteiger charge is 2.51. The molecule has 0 aromatic heterocycles. The lowest BCUT2D eigenvalue weighted by Crippen LogP contribution is -2.58. The Labute approximate surface area is 175 Å². The number of hydrogen-bond acceptors (Lipinski definition) is 5. The molecule has 0 spiro atoms. The number of amides is 1. The first kappa shape index (κ1) is 22.1. The van der Waals surface area contributed by atoms with E-state index >= 15 is 0 Å². The van der Waals surface area contributed by atoms with Gasteiger partial charge in [0.25, 0.3) is 0 Å². The van der Waals surface area contributed by atoms with Gasteiger partial charge in [0.1, 0.15) is 12.4 Å². The quantitative estimate of drug-likeness (QED) is 0.708. The molecule has 1 amide bonds. The average molecular weight is 402 g/mol. The highest BCUT2D eigenvalue weighted by molar-refractivity contribution is 6.62. The second-order valence-electron chi connectivity index (χ2n) is 9.37. The van der Waals surface area contributed by atoms with Crippen LogP contribution in [0.4, 0.5) is 0 Å². The van der Waals surface area contributed by atoms with Crippen LogP contribution in [0.3, 0.4) is 0 Å². The van der Waals surface area contributed by atoms with Crippen molar-refractivity contribution in [2.24, 2.45) is 0 Å². The maximum Gasteiger partial charge on any atom is 0.494 e. The molecular weight excluding hydrogens is 367 g/mol. The van der Waals surface area contributed by atoms with Crippen molar-refractivity contribution in [2.45, 2.75) is 71.8 Å². The standard InChI is InChI=1S/C22H35BN2O4/c1-16-14-24(18(3)26)15-17(2)25(16)12-13-27-20-10-8-19(9-11-20)23-28-21(4,5)22(6,7)29-23/h8-11,16-17H,12-15H2,1-7H3/t16-,17+. The van der Waals surface area contributed by atoms with Gasteiger partial charge in [-0.1, -0.05) is 12.1 Å². The van der Waals surface area contributed by atoms with Crippen LogP contribution in [-0.2, 0) is 14.1 Å². The van der Waals surface area contributed by atoms with E-state index in [0.717, 1.165) is 30.8 Å². The van der Waals surface area contributed by atoms with Crippen LogP contribution in [0, 0.1) is 0 Å². The fourth-order valence-electron chi connectivity index (χ4n) is 4.02. The molecule has 0 unspecified atom stereocenters. The van der Waals surface area contributed by atoms with Crippen LogP contribution in [-0.4, -0.2) is 72.4 Å². The van der Waals surface area contributed by atoms with E-state index in [4.69, 9.17) is 14.0 Å². The van der Waals surface area contributed by atoms with Crippen molar-refractivity contribution in [3.05, 3.63) is 24.3 Å². The van der Waals surface area contributed by atoms with Gasteiger partial charge in [0, 0.05) is 38.6 Å². The van der Waals surface area contributed by atoms with Gasteiger partial charge in [-0.15, -0.1) is 0 Å². The Morgan fingerprint density at radius 3 is 2.07 bits per heavy atom. The van der Waals surface area contributed by atoms with Crippen LogP contribution < -0.4 is 10.2 Å². The topological polar surface area (TPSA) is 51.2 Å². The Bertz CT molecular complexity index is 694.